The van der Waals surface area contributed by atoms with Crippen LogP contribution in [0.5, 0.6) is 0 Å². The lowest BCUT2D eigenvalue weighted by Gasteiger charge is -1.94. The van der Waals surface area contributed by atoms with Gasteiger partial charge in [-0.25, -0.2) is 0 Å². The molecule has 0 aromatic rings. The van der Waals surface area contributed by atoms with Crippen LogP contribution in [0.3, 0.4) is 0 Å². The zero-order valence-corrected chi connectivity index (χ0v) is 19.1. The highest BCUT2D eigenvalue weighted by atomic mass is 31.0. The summed E-state index contributed by atoms with van der Waals surface area (Å²) in [6, 6.07) is 0. The molecular formula is C12H33B3F12P-3. The van der Waals surface area contributed by atoms with Crippen LogP contribution in [-0.4, -0.2) is 21.8 Å². The summed E-state index contributed by atoms with van der Waals surface area (Å²) in [7, 11) is -18.0. The van der Waals surface area contributed by atoms with Crippen molar-refractivity contribution in [2.45, 2.75) is 62.3 Å². The first-order valence-electron chi connectivity index (χ1n) is 7.81. The van der Waals surface area contributed by atoms with Gasteiger partial charge in [0.2, 0.25) is 0 Å². The molecule has 0 aromatic carbocycles. The van der Waals surface area contributed by atoms with Crippen LogP contribution in [0.15, 0.2) is 0 Å². The van der Waals surface area contributed by atoms with Gasteiger partial charge in [-0.15, -0.1) is 0 Å². The van der Waals surface area contributed by atoms with E-state index in [-0.39, 0.29) is 9.90 Å². The molecule has 1 unspecified atom stereocenters. The standard InChI is InChI=1S/3C4H10.3BF4.H3P/c3*1-4(2)3;3*2-1(3,4)5;/h3*4H,1-3H3;;;;1H3/q;;;3*-1;. The normalized spacial score (nSPS) is 10.3. The summed E-state index contributed by atoms with van der Waals surface area (Å²) in [5.41, 5.74) is 0. The van der Waals surface area contributed by atoms with E-state index in [0.29, 0.717) is 0 Å². The summed E-state index contributed by atoms with van der Waals surface area (Å²) in [6.45, 7) is 19.5. The maximum Gasteiger partial charge on any atom is 0.673 e. The van der Waals surface area contributed by atoms with Gasteiger partial charge in [-0.05, 0) is 17.8 Å². The molecule has 0 aliphatic heterocycles. The van der Waals surface area contributed by atoms with Crippen LogP contribution in [0.1, 0.15) is 62.3 Å². The fraction of sp³-hybridized carbons (Fsp3) is 1.00. The summed E-state index contributed by atoms with van der Waals surface area (Å²) < 4.78 is 117. The molecule has 182 valence electrons. The van der Waals surface area contributed by atoms with Crippen LogP contribution in [0.25, 0.3) is 0 Å². The second-order valence-electron chi connectivity index (χ2n) is 6.68. The van der Waals surface area contributed by atoms with Crippen molar-refractivity contribution in [1.82, 2.24) is 0 Å². The summed E-state index contributed by atoms with van der Waals surface area (Å²) in [5.74, 6) is 2.50. The van der Waals surface area contributed by atoms with Crippen LogP contribution in [-0.2, 0) is 0 Å². The first-order chi connectivity index (χ1) is 11.2. The number of hydrogen-bond donors (Lipinski definition) is 0. The Morgan fingerprint density at radius 1 is 0.321 bits per heavy atom. The molecule has 0 saturated heterocycles. The van der Waals surface area contributed by atoms with Crippen molar-refractivity contribution < 1.29 is 51.8 Å². The van der Waals surface area contributed by atoms with Crippen LogP contribution >= 0.6 is 9.90 Å². The zero-order valence-electron chi connectivity index (χ0n) is 17.7. The van der Waals surface area contributed by atoms with E-state index >= 15 is 0 Å². The van der Waals surface area contributed by atoms with E-state index in [1.165, 1.54) is 0 Å². The fourth-order valence-electron chi connectivity index (χ4n) is 0. The summed E-state index contributed by atoms with van der Waals surface area (Å²) in [6.07, 6.45) is 0. The highest BCUT2D eigenvalue weighted by Crippen LogP contribution is 2.07. The van der Waals surface area contributed by atoms with E-state index < -0.39 is 21.8 Å². The number of hydrogen-bond acceptors (Lipinski definition) is 0. The molecule has 0 fully saturated rings. The Balaban J connectivity index is -0.0000000377. The maximum absolute atomic E-state index is 9.75. The molecule has 0 aromatic heterocycles. The van der Waals surface area contributed by atoms with Crippen molar-refractivity contribution in [3.05, 3.63) is 0 Å². The highest BCUT2D eigenvalue weighted by Gasteiger charge is 2.21. The molecule has 0 radical (unpaired) electrons. The molecule has 0 spiro atoms. The van der Waals surface area contributed by atoms with Crippen molar-refractivity contribution >= 4 is 31.7 Å². The van der Waals surface area contributed by atoms with E-state index in [1.807, 2.05) is 0 Å². The van der Waals surface area contributed by atoms with E-state index in [4.69, 9.17) is 0 Å². The van der Waals surface area contributed by atoms with Gasteiger partial charge in [0.25, 0.3) is 0 Å². The van der Waals surface area contributed by atoms with Crippen LogP contribution < -0.4 is 0 Å². The molecule has 0 heterocycles. The fourth-order valence-corrected chi connectivity index (χ4v) is 0. The third-order valence-electron chi connectivity index (χ3n) is 0. The van der Waals surface area contributed by atoms with Gasteiger partial charge in [0.15, 0.2) is 0 Å². The van der Waals surface area contributed by atoms with Crippen LogP contribution in [0.2, 0.25) is 0 Å². The molecule has 0 aliphatic carbocycles. The number of rotatable bonds is 0. The Labute approximate surface area is 164 Å². The van der Waals surface area contributed by atoms with Crippen molar-refractivity contribution in [2.24, 2.45) is 17.8 Å². The van der Waals surface area contributed by atoms with Crippen molar-refractivity contribution in [3.8, 4) is 0 Å². The minimum atomic E-state index is -6.00. The predicted molar refractivity (Wildman–Crippen MR) is 103 cm³/mol. The van der Waals surface area contributed by atoms with Crippen molar-refractivity contribution in [1.29, 1.82) is 0 Å². The van der Waals surface area contributed by atoms with Gasteiger partial charge in [-0.3, -0.25) is 0 Å². The smallest absolute Gasteiger partial charge is 0.418 e. The first-order valence-corrected chi connectivity index (χ1v) is 7.81. The lowest BCUT2D eigenvalue weighted by atomic mass is 10.3. The van der Waals surface area contributed by atoms with Gasteiger partial charge in [0, 0.05) is 0 Å². The Kier molecular flexibility index (Phi) is 40.9. The molecule has 0 rings (SSSR count). The largest absolute Gasteiger partial charge is 0.673 e. The summed E-state index contributed by atoms with van der Waals surface area (Å²) >= 11 is 0. The Bertz CT molecular complexity index is 197. The van der Waals surface area contributed by atoms with Gasteiger partial charge < -0.3 is 51.8 Å². The summed E-state index contributed by atoms with van der Waals surface area (Å²) in [4.78, 5) is 0. The third-order valence-corrected chi connectivity index (χ3v) is 0. The van der Waals surface area contributed by atoms with Gasteiger partial charge in [-0.1, -0.05) is 62.3 Å². The highest BCUT2D eigenvalue weighted by molar-refractivity contribution is 6.92. The molecule has 0 amide bonds. The van der Waals surface area contributed by atoms with Crippen molar-refractivity contribution in [3.63, 3.8) is 0 Å². The van der Waals surface area contributed by atoms with E-state index in [1.54, 1.807) is 0 Å². The SMILES string of the molecule is CC(C)C.CC(C)C.CC(C)C.F[B-](F)(F)F.F[B-](F)(F)F.F[B-](F)(F)F.P. The van der Waals surface area contributed by atoms with E-state index in [2.05, 4.69) is 62.3 Å². The minimum absolute atomic E-state index is 0. The minimum Gasteiger partial charge on any atom is -0.418 e. The van der Waals surface area contributed by atoms with Crippen molar-refractivity contribution in [2.75, 3.05) is 0 Å². The molecule has 0 nitrogen and oxygen atoms in total. The number of halogens is 12. The monoisotopic (exact) mass is 469 g/mol. The molecule has 0 saturated carbocycles. The van der Waals surface area contributed by atoms with Gasteiger partial charge in [-0.2, -0.15) is 9.90 Å². The predicted octanol–water partition coefficient (Wildman–Crippen LogP) is 8.94. The van der Waals surface area contributed by atoms with Gasteiger partial charge in [0.1, 0.15) is 0 Å². The molecule has 0 aliphatic rings. The van der Waals surface area contributed by atoms with Crippen LogP contribution in [0.4, 0.5) is 51.8 Å². The lowest BCUT2D eigenvalue weighted by Crippen LogP contribution is -2.02. The molecule has 28 heavy (non-hydrogen) atoms. The second-order valence-corrected chi connectivity index (χ2v) is 6.68. The third kappa shape index (κ3) is 342000. The molecule has 16 heteroatoms. The molecule has 1 atom stereocenters. The Morgan fingerprint density at radius 2 is 0.321 bits per heavy atom. The second kappa shape index (κ2) is 24.8. The lowest BCUT2D eigenvalue weighted by molar-refractivity contribution is 0.366. The maximum atomic E-state index is 9.75. The average molecular weight is 469 g/mol. The topological polar surface area (TPSA) is 0 Å². The van der Waals surface area contributed by atoms with E-state index in [0.717, 1.165) is 17.8 Å². The quantitative estimate of drug-likeness (QED) is 0.189. The Hall–Kier alpha value is -0.215. The molecular weight excluding hydrogens is 436 g/mol. The Morgan fingerprint density at radius 3 is 0.321 bits per heavy atom. The van der Waals surface area contributed by atoms with Gasteiger partial charge >= 0.3 is 21.8 Å². The van der Waals surface area contributed by atoms with Crippen LogP contribution in [0, 0.1) is 17.8 Å². The molecule has 0 bridgehead atoms. The van der Waals surface area contributed by atoms with E-state index in [9.17, 15) is 51.8 Å². The summed E-state index contributed by atoms with van der Waals surface area (Å²) in [5, 5.41) is 0. The molecule has 0 N–H and O–H groups in total. The zero-order chi connectivity index (χ0) is 24.2. The van der Waals surface area contributed by atoms with Gasteiger partial charge in [0.05, 0.1) is 0 Å². The first kappa shape index (κ1) is 46.1. The average Bonchev–Trinajstić information content (AvgIpc) is 2.01.